The first-order valence-electron chi connectivity index (χ1n) is 2.65. The zero-order chi connectivity index (χ0) is 7.72. The molecule has 10 heavy (non-hydrogen) atoms. The van der Waals surface area contributed by atoms with Crippen molar-refractivity contribution in [1.82, 2.24) is 4.90 Å². The minimum absolute atomic E-state index is 0.188. The van der Waals surface area contributed by atoms with Gasteiger partial charge in [0.15, 0.2) is 5.81 Å². The van der Waals surface area contributed by atoms with Gasteiger partial charge < -0.3 is 0 Å². The number of imide groups is 1. The van der Waals surface area contributed by atoms with Crippen LogP contribution in [0.3, 0.4) is 0 Å². The number of hydrogen-bond acceptors (Lipinski definition) is 2. The standard InChI is InChI=1S/C5H4BClNO2/c1-8-4(9)2-3(7)6-5(8)10/h2H,1H3. The summed E-state index contributed by atoms with van der Waals surface area (Å²) >= 11 is 5.41. The highest BCUT2D eigenvalue weighted by Crippen LogP contribution is 2.07. The molecule has 0 atom stereocenters. The number of halogens is 1. The summed E-state index contributed by atoms with van der Waals surface area (Å²) in [5, 5.41) is 0. The largest absolute Gasteiger partial charge is 0.291 e. The van der Waals surface area contributed by atoms with Crippen molar-refractivity contribution in [1.29, 1.82) is 0 Å². The molecule has 0 N–H and O–H groups in total. The molecule has 1 heterocycles. The number of likely N-dealkylation sites (N-methyl/N-ethyl adjacent to an activating group) is 1. The normalized spacial score (nSPS) is 18.6. The summed E-state index contributed by atoms with van der Waals surface area (Å²) in [5.41, 5.74) is 0. The zero-order valence-corrected chi connectivity index (χ0v) is 6.05. The molecule has 2 amide bonds. The van der Waals surface area contributed by atoms with Crippen LogP contribution < -0.4 is 0 Å². The van der Waals surface area contributed by atoms with Crippen LogP contribution in [-0.4, -0.2) is 30.9 Å². The first kappa shape index (κ1) is 7.34. The molecule has 0 saturated heterocycles. The van der Waals surface area contributed by atoms with Gasteiger partial charge in [0, 0.05) is 13.1 Å². The lowest BCUT2D eigenvalue weighted by Crippen LogP contribution is -2.38. The number of carbonyl (C=O) groups is 2. The second-order valence-corrected chi connectivity index (χ2v) is 2.35. The Hall–Kier alpha value is -0.765. The summed E-state index contributed by atoms with van der Waals surface area (Å²) < 4.78 is 0. The SMILES string of the molecule is CN1C(=O)[B]C(Cl)=CC1=O. The molecule has 0 aliphatic carbocycles. The lowest BCUT2D eigenvalue weighted by Gasteiger charge is -2.16. The van der Waals surface area contributed by atoms with Crippen LogP contribution in [0.1, 0.15) is 0 Å². The first-order chi connectivity index (χ1) is 4.61. The number of carbonyl (C=O) groups excluding carboxylic acids is 2. The predicted octanol–water partition coefficient (Wildman–Crippen LogP) is 0.363. The van der Waals surface area contributed by atoms with Crippen molar-refractivity contribution >= 4 is 30.6 Å². The quantitative estimate of drug-likeness (QED) is 0.475. The van der Waals surface area contributed by atoms with Crippen LogP contribution in [0, 0.1) is 0 Å². The van der Waals surface area contributed by atoms with Crippen molar-refractivity contribution < 1.29 is 9.59 Å². The molecule has 5 heteroatoms. The Morgan fingerprint density at radius 3 is 2.70 bits per heavy atom. The van der Waals surface area contributed by atoms with Gasteiger partial charge in [-0.05, 0) is 4.93 Å². The van der Waals surface area contributed by atoms with E-state index < -0.39 is 0 Å². The summed E-state index contributed by atoms with van der Waals surface area (Å²) in [6.45, 7) is 0. The number of nitrogens with zero attached hydrogens (tertiary/aromatic N) is 1. The Bertz CT molecular complexity index is 226. The molecule has 1 aliphatic heterocycles. The van der Waals surface area contributed by atoms with E-state index in [9.17, 15) is 9.59 Å². The molecule has 0 spiro atoms. The highest BCUT2D eigenvalue weighted by Gasteiger charge is 2.22. The van der Waals surface area contributed by atoms with E-state index in [1.807, 2.05) is 0 Å². The maximum Gasteiger partial charge on any atom is 0.287 e. The summed E-state index contributed by atoms with van der Waals surface area (Å²) in [7, 11) is 2.60. The van der Waals surface area contributed by atoms with Crippen molar-refractivity contribution in [3.8, 4) is 0 Å². The topological polar surface area (TPSA) is 37.4 Å². The molecule has 0 aromatic heterocycles. The minimum atomic E-state index is -0.377. The van der Waals surface area contributed by atoms with Crippen LogP contribution in [0.5, 0.6) is 0 Å². The summed E-state index contributed by atoms with van der Waals surface area (Å²) in [6.07, 6.45) is 1.20. The van der Waals surface area contributed by atoms with Crippen molar-refractivity contribution in [2.75, 3.05) is 7.05 Å². The molecule has 0 fully saturated rings. The summed E-state index contributed by atoms with van der Waals surface area (Å²) in [4.78, 5) is 22.7. The van der Waals surface area contributed by atoms with Crippen LogP contribution >= 0.6 is 11.6 Å². The molecular formula is C5H4BClNO2. The molecule has 0 bridgehead atoms. The molecule has 1 aliphatic rings. The van der Waals surface area contributed by atoms with Crippen molar-refractivity contribution in [2.45, 2.75) is 0 Å². The van der Waals surface area contributed by atoms with Gasteiger partial charge in [-0.1, -0.05) is 11.6 Å². The van der Waals surface area contributed by atoms with Gasteiger partial charge in [-0.3, -0.25) is 14.5 Å². The molecule has 0 saturated carbocycles. The summed E-state index contributed by atoms with van der Waals surface area (Å²) in [6, 6.07) is 0. The van der Waals surface area contributed by atoms with Gasteiger partial charge in [-0.25, -0.2) is 0 Å². The lowest BCUT2D eigenvalue weighted by atomic mass is 9.74. The molecular weight excluding hydrogens is 152 g/mol. The zero-order valence-electron chi connectivity index (χ0n) is 5.30. The van der Waals surface area contributed by atoms with Gasteiger partial charge in [-0.15, -0.1) is 0 Å². The maximum absolute atomic E-state index is 10.7. The van der Waals surface area contributed by atoms with Crippen molar-refractivity contribution in [3.05, 3.63) is 11.0 Å². The van der Waals surface area contributed by atoms with Gasteiger partial charge in [0.05, 0.1) is 0 Å². The van der Waals surface area contributed by atoms with E-state index in [1.165, 1.54) is 20.4 Å². The van der Waals surface area contributed by atoms with E-state index in [0.717, 1.165) is 4.90 Å². The van der Waals surface area contributed by atoms with Gasteiger partial charge in [0.1, 0.15) is 0 Å². The van der Waals surface area contributed by atoms with E-state index in [0.29, 0.717) is 0 Å². The van der Waals surface area contributed by atoms with E-state index in [-0.39, 0.29) is 16.6 Å². The smallest absolute Gasteiger partial charge is 0.287 e. The van der Waals surface area contributed by atoms with Crippen molar-refractivity contribution in [2.24, 2.45) is 0 Å². The van der Waals surface area contributed by atoms with Crippen LogP contribution in [0.2, 0.25) is 0 Å². The third kappa shape index (κ3) is 1.21. The Kier molecular flexibility index (Phi) is 1.81. The fourth-order valence-corrected chi connectivity index (χ4v) is 0.767. The van der Waals surface area contributed by atoms with Crippen LogP contribution in [-0.2, 0) is 4.79 Å². The van der Waals surface area contributed by atoms with Gasteiger partial charge >= 0.3 is 0 Å². The molecule has 1 rings (SSSR count). The Balaban J connectivity index is 2.89. The molecule has 3 nitrogen and oxygen atoms in total. The fraction of sp³-hybridized carbons (Fsp3) is 0.200. The average molecular weight is 156 g/mol. The second-order valence-electron chi connectivity index (χ2n) is 1.91. The Morgan fingerprint density at radius 1 is 1.60 bits per heavy atom. The first-order valence-corrected chi connectivity index (χ1v) is 3.02. The van der Waals surface area contributed by atoms with Gasteiger partial charge in [0.25, 0.3) is 13.2 Å². The van der Waals surface area contributed by atoms with E-state index in [1.54, 1.807) is 0 Å². The fourth-order valence-electron chi connectivity index (χ4n) is 0.580. The summed E-state index contributed by atoms with van der Waals surface area (Å²) in [5.74, 6) is -0.755. The van der Waals surface area contributed by atoms with E-state index in [2.05, 4.69) is 0 Å². The molecule has 0 unspecified atom stereocenters. The minimum Gasteiger partial charge on any atom is -0.291 e. The maximum atomic E-state index is 10.7. The number of amides is 2. The molecule has 0 aromatic rings. The average Bonchev–Trinajstić information content (AvgIpc) is 1.82. The third-order valence-electron chi connectivity index (χ3n) is 1.18. The molecule has 1 radical (unpaired) electrons. The monoisotopic (exact) mass is 156 g/mol. The second kappa shape index (κ2) is 2.46. The lowest BCUT2D eigenvalue weighted by molar-refractivity contribution is -0.122. The highest BCUT2D eigenvalue weighted by atomic mass is 35.5. The molecule has 51 valence electrons. The van der Waals surface area contributed by atoms with Crippen LogP contribution in [0.25, 0.3) is 0 Å². The predicted molar refractivity (Wildman–Crippen MR) is 37.9 cm³/mol. The van der Waals surface area contributed by atoms with Gasteiger partial charge in [-0.2, -0.15) is 0 Å². The Morgan fingerprint density at radius 2 is 2.20 bits per heavy atom. The van der Waals surface area contributed by atoms with Crippen LogP contribution in [0.4, 0.5) is 4.79 Å². The highest BCUT2D eigenvalue weighted by molar-refractivity contribution is 6.88. The Labute approximate surface area is 63.9 Å². The van der Waals surface area contributed by atoms with Crippen LogP contribution in [0.15, 0.2) is 11.0 Å². The molecule has 0 aromatic carbocycles. The van der Waals surface area contributed by atoms with E-state index in [4.69, 9.17) is 11.6 Å². The van der Waals surface area contributed by atoms with E-state index >= 15 is 0 Å². The third-order valence-corrected chi connectivity index (χ3v) is 1.40. The van der Waals surface area contributed by atoms with Gasteiger partial charge in [0.2, 0.25) is 0 Å². The number of rotatable bonds is 0. The number of hydrogen-bond donors (Lipinski definition) is 0. The van der Waals surface area contributed by atoms with Crippen molar-refractivity contribution in [3.63, 3.8) is 0 Å².